The maximum Gasteiger partial charge on any atom is 0.144 e. The van der Waals surface area contributed by atoms with Gasteiger partial charge in [-0.3, -0.25) is 0 Å². The molecule has 0 aromatic carbocycles. The molecule has 0 bridgehead atoms. The molecule has 3 rings (SSSR count). The summed E-state index contributed by atoms with van der Waals surface area (Å²) in [7, 11) is 0. The minimum atomic E-state index is -0.235. The van der Waals surface area contributed by atoms with Crippen LogP contribution in [0.5, 0.6) is 0 Å². The molecule has 3 aliphatic carbocycles. The van der Waals surface area contributed by atoms with Gasteiger partial charge in [0.2, 0.25) is 0 Å². The Kier molecular flexibility index (Phi) is 8.27. The van der Waals surface area contributed by atoms with Crippen molar-refractivity contribution in [3.8, 4) is 0 Å². The van der Waals surface area contributed by atoms with E-state index < -0.39 is 0 Å². The number of ether oxygens (including phenoxy) is 1. The highest BCUT2D eigenvalue weighted by molar-refractivity contribution is 5.36. The lowest BCUT2D eigenvalue weighted by atomic mass is 9.60. The molecule has 0 aromatic rings. The van der Waals surface area contributed by atoms with Gasteiger partial charge in [-0.1, -0.05) is 56.6 Å². The molecule has 3 nitrogen and oxygen atoms in total. The molecule has 1 unspecified atom stereocenters. The molecule has 0 aromatic heterocycles. The second-order valence-electron chi connectivity index (χ2n) is 11.4. The van der Waals surface area contributed by atoms with Crippen molar-refractivity contribution >= 4 is 0 Å². The lowest BCUT2D eigenvalue weighted by molar-refractivity contribution is -0.102. The molecule has 5 atom stereocenters. The van der Waals surface area contributed by atoms with Crippen LogP contribution in [0.2, 0.25) is 0 Å². The third kappa shape index (κ3) is 5.92. The zero-order valence-corrected chi connectivity index (χ0v) is 20.5. The van der Waals surface area contributed by atoms with Gasteiger partial charge in [0.05, 0.1) is 11.7 Å². The molecule has 31 heavy (non-hydrogen) atoms. The Balaban J connectivity index is 1.64. The SMILES string of the molecule is C=C1CC[C@H](O)C/C1=C/C=C1CCC[C@@]2(C)C1CC[C@@H]2[C@H](C)CCCC(C)(C)OCO. The number of hydrogen-bond acceptors (Lipinski definition) is 3. The fourth-order valence-corrected chi connectivity index (χ4v) is 6.91. The average Bonchev–Trinajstić information content (AvgIpc) is 3.06. The topological polar surface area (TPSA) is 49.7 Å². The summed E-state index contributed by atoms with van der Waals surface area (Å²) in [5.41, 5.74) is 4.30. The summed E-state index contributed by atoms with van der Waals surface area (Å²) >= 11 is 0. The van der Waals surface area contributed by atoms with Crippen molar-refractivity contribution in [2.45, 2.75) is 110 Å². The van der Waals surface area contributed by atoms with E-state index in [-0.39, 0.29) is 18.5 Å². The van der Waals surface area contributed by atoms with E-state index >= 15 is 0 Å². The average molecular weight is 431 g/mol. The van der Waals surface area contributed by atoms with Crippen LogP contribution >= 0.6 is 0 Å². The second-order valence-corrected chi connectivity index (χ2v) is 11.4. The molecule has 0 aliphatic heterocycles. The zero-order chi connectivity index (χ0) is 22.6. The van der Waals surface area contributed by atoms with Crippen LogP contribution in [-0.4, -0.2) is 28.7 Å². The Morgan fingerprint density at radius 1 is 1.23 bits per heavy atom. The highest BCUT2D eigenvalue weighted by Gasteiger charge is 2.50. The van der Waals surface area contributed by atoms with E-state index in [2.05, 4.69) is 46.4 Å². The van der Waals surface area contributed by atoms with Gasteiger partial charge in [0, 0.05) is 0 Å². The zero-order valence-electron chi connectivity index (χ0n) is 20.5. The maximum absolute atomic E-state index is 10.0. The normalized spacial score (nSPS) is 35.5. The summed E-state index contributed by atoms with van der Waals surface area (Å²) in [5.74, 6) is 2.23. The summed E-state index contributed by atoms with van der Waals surface area (Å²) < 4.78 is 5.47. The van der Waals surface area contributed by atoms with Crippen molar-refractivity contribution in [3.05, 3.63) is 35.5 Å². The predicted molar refractivity (Wildman–Crippen MR) is 129 cm³/mol. The molecular weight excluding hydrogens is 384 g/mol. The fraction of sp³-hybridized carbons (Fsp3) is 0.786. The first-order valence-electron chi connectivity index (χ1n) is 12.7. The highest BCUT2D eigenvalue weighted by atomic mass is 16.6. The van der Waals surface area contributed by atoms with Gasteiger partial charge >= 0.3 is 0 Å². The minimum Gasteiger partial charge on any atom is -0.393 e. The summed E-state index contributed by atoms with van der Waals surface area (Å²) in [6, 6.07) is 0. The van der Waals surface area contributed by atoms with E-state index in [4.69, 9.17) is 9.84 Å². The summed E-state index contributed by atoms with van der Waals surface area (Å²) in [6.45, 7) is 13.2. The van der Waals surface area contributed by atoms with Crippen LogP contribution in [0.3, 0.4) is 0 Å². The number of allylic oxidation sites excluding steroid dienone is 4. The number of hydrogen-bond donors (Lipinski definition) is 2. The Bertz CT molecular complexity index is 688. The summed E-state index contributed by atoms with van der Waals surface area (Å²) in [6.07, 6.45) is 17.0. The molecule has 0 spiro atoms. The van der Waals surface area contributed by atoms with Crippen molar-refractivity contribution in [2.75, 3.05) is 6.79 Å². The van der Waals surface area contributed by atoms with Crippen molar-refractivity contribution in [3.63, 3.8) is 0 Å². The second kappa shape index (κ2) is 10.4. The minimum absolute atomic E-state index is 0.192. The van der Waals surface area contributed by atoms with E-state index in [0.29, 0.717) is 11.3 Å². The molecule has 3 heteroatoms. The molecule has 3 saturated carbocycles. The monoisotopic (exact) mass is 430 g/mol. The Morgan fingerprint density at radius 2 is 2.00 bits per heavy atom. The molecule has 0 radical (unpaired) electrons. The van der Waals surface area contributed by atoms with Gasteiger partial charge in [-0.2, -0.15) is 0 Å². The fourth-order valence-electron chi connectivity index (χ4n) is 6.91. The van der Waals surface area contributed by atoms with E-state index in [1.807, 2.05) is 0 Å². The standard InChI is InChI=1S/C28H46O3/c1-20-10-13-24(30)18-23(20)12-11-22-9-7-17-28(5)25(14-15-26(22)28)21(2)8-6-16-27(3,4)31-19-29/h11-12,21,24-26,29-30H,1,6-10,13-19H2,2-5H3/b22-11?,23-12-/t21-,24+,25-,26?,28-/m1/s1. The smallest absolute Gasteiger partial charge is 0.144 e. The Morgan fingerprint density at radius 3 is 2.74 bits per heavy atom. The Hall–Kier alpha value is -0.900. The lowest BCUT2D eigenvalue weighted by Gasteiger charge is -2.44. The van der Waals surface area contributed by atoms with Crippen LogP contribution < -0.4 is 0 Å². The van der Waals surface area contributed by atoms with Gasteiger partial charge in [-0.25, -0.2) is 0 Å². The first-order chi connectivity index (χ1) is 14.7. The van der Waals surface area contributed by atoms with E-state index in [1.54, 1.807) is 5.57 Å². The molecule has 0 amide bonds. The number of rotatable bonds is 8. The molecule has 0 saturated heterocycles. The van der Waals surface area contributed by atoms with Gasteiger partial charge < -0.3 is 14.9 Å². The molecule has 176 valence electrons. The van der Waals surface area contributed by atoms with Crippen LogP contribution in [0.4, 0.5) is 0 Å². The third-order valence-electron chi connectivity index (χ3n) is 8.81. The molecule has 3 aliphatic rings. The number of aliphatic hydroxyl groups excluding tert-OH is 2. The van der Waals surface area contributed by atoms with Gasteiger partial charge in [0.25, 0.3) is 0 Å². The molecule has 3 fully saturated rings. The van der Waals surface area contributed by atoms with Crippen LogP contribution in [-0.2, 0) is 4.74 Å². The van der Waals surface area contributed by atoms with Crippen molar-refractivity contribution in [1.29, 1.82) is 0 Å². The predicted octanol–water partition coefficient (Wildman–Crippen LogP) is 6.71. The number of fused-ring (bicyclic) bond motifs is 1. The van der Waals surface area contributed by atoms with Crippen LogP contribution in [0.15, 0.2) is 35.5 Å². The molecule has 0 heterocycles. The molecule has 2 N–H and O–H groups in total. The van der Waals surface area contributed by atoms with Crippen molar-refractivity contribution in [2.24, 2.45) is 23.2 Å². The van der Waals surface area contributed by atoms with E-state index in [0.717, 1.165) is 43.9 Å². The largest absolute Gasteiger partial charge is 0.393 e. The summed E-state index contributed by atoms with van der Waals surface area (Å²) in [5, 5.41) is 19.1. The number of aliphatic hydroxyl groups is 2. The third-order valence-corrected chi connectivity index (χ3v) is 8.81. The van der Waals surface area contributed by atoms with Gasteiger partial charge in [-0.15, -0.1) is 0 Å². The van der Waals surface area contributed by atoms with Gasteiger partial charge in [-0.05, 0) is 100 Å². The van der Waals surface area contributed by atoms with Gasteiger partial charge in [0.15, 0.2) is 0 Å². The van der Waals surface area contributed by atoms with E-state index in [9.17, 15) is 5.11 Å². The quantitative estimate of drug-likeness (QED) is 0.421. The van der Waals surface area contributed by atoms with Crippen LogP contribution in [0, 0.1) is 23.2 Å². The first-order valence-corrected chi connectivity index (χ1v) is 12.7. The van der Waals surface area contributed by atoms with E-state index in [1.165, 1.54) is 49.7 Å². The van der Waals surface area contributed by atoms with Crippen molar-refractivity contribution < 1.29 is 14.9 Å². The molecular formula is C28H46O3. The maximum atomic E-state index is 10.0. The van der Waals surface area contributed by atoms with Gasteiger partial charge in [0.1, 0.15) is 6.79 Å². The van der Waals surface area contributed by atoms with Crippen molar-refractivity contribution in [1.82, 2.24) is 0 Å². The van der Waals surface area contributed by atoms with Crippen LogP contribution in [0.1, 0.15) is 98.3 Å². The Labute approximate surface area is 190 Å². The highest BCUT2D eigenvalue weighted by Crippen LogP contribution is 2.60. The van der Waals surface area contributed by atoms with Crippen LogP contribution in [0.25, 0.3) is 0 Å². The first kappa shape index (κ1) is 24.7. The summed E-state index contributed by atoms with van der Waals surface area (Å²) in [4.78, 5) is 0. The lowest BCUT2D eigenvalue weighted by Crippen LogP contribution is -2.36.